The number of imidazole rings is 1. The number of nitrogens with zero attached hydrogens (tertiary/aromatic N) is 6. The molecule has 1 aliphatic rings. The van der Waals surface area contributed by atoms with E-state index < -0.39 is 47.5 Å². The van der Waals surface area contributed by atoms with Crippen molar-refractivity contribution >= 4 is 28.6 Å². The number of hydrogen-bond donors (Lipinski definition) is 4. The van der Waals surface area contributed by atoms with Crippen LogP contribution in [0, 0.1) is 17.6 Å². The molecule has 16 heteroatoms. The molecular formula is C30H35F4N9O3. The molecule has 1 aliphatic heterocycles. The van der Waals surface area contributed by atoms with E-state index in [1.54, 1.807) is 9.47 Å². The standard InChI is InChI=1S/C30H35F4N9O3/c1-15(2)6-20(35)29(45)46-23-9-18(31)17(8-19(23)32)21-7-16(11-43-14-41-24-27(36)39-13-40-28(24)43)22(10-38-21)42-5-3-4-30(37,12-42)25(44)26(33)34/h7-10,13-15,20,25-26,44H,3-6,11-12,35,37H2,1-2H3,(H2,36,39,40)/t20?,25-,30-/m1/s1. The third kappa shape index (κ3) is 6.73. The Kier molecular flexibility index (Phi) is 9.42. The Bertz CT molecular complexity index is 1740. The lowest BCUT2D eigenvalue weighted by molar-refractivity contribution is -0.136. The zero-order valence-electron chi connectivity index (χ0n) is 25.2. The number of hydrogen-bond acceptors (Lipinski definition) is 11. The molecule has 4 heterocycles. The van der Waals surface area contributed by atoms with Gasteiger partial charge in [-0.15, -0.1) is 0 Å². The first-order valence-electron chi connectivity index (χ1n) is 14.6. The van der Waals surface area contributed by atoms with Gasteiger partial charge in [-0.05, 0) is 42.9 Å². The first-order chi connectivity index (χ1) is 21.8. The van der Waals surface area contributed by atoms with Crippen LogP contribution in [-0.2, 0) is 11.3 Å². The molecule has 0 saturated carbocycles. The number of alkyl halides is 2. The molecule has 1 fully saturated rings. The predicted octanol–water partition coefficient (Wildman–Crippen LogP) is 3.00. The van der Waals surface area contributed by atoms with E-state index in [1.807, 2.05) is 13.8 Å². The van der Waals surface area contributed by atoms with Crippen molar-refractivity contribution in [1.82, 2.24) is 24.5 Å². The number of carbonyl (C=O) groups excluding carboxylic acids is 1. The second-order valence-electron chi connectivity index (χ2n) is 12.0. The lowest BCUT2D eigenvalue weighted by Crippen LogP contribution is -2.63. The first-order valence-corrected chi connectivity index (χ1v) is 14.6. The van der Waals surface area contributed by atoms with Crippen molar-refractivity contribution in [2.24, 2.45) is 17.4 Å². The lowest BCUT2D eigenvalue weighted by atomic mass is 9.84. The number of carbonyl (C=O) groups is 1. The number of nitrogens with two attached hydrogens (primary N) is 3. The molecule has 0 spiro atoms. The highest BCUT2D eigenvalue weighted by molar-refractivity contribution is 5.81. The van der Waals surface area contributed by atoms with Crippen LogP contribution in [0.3, 0.4) is 0 Å². The Hall–Kier alpha value is -4.41. The van der Waals surface area contributed by atoms with Crippen LogP contribution in [0.25, 0.3) is 22.4 Å². The third-order valence-electron chi connectivity index (χ3n) is 8.00. The average Bonchev–Trinajstić information content (AvgIpc) is 3.41. The second-order valence-corrected chi connectivity index (χ2v) is 12.0. The quantitative estimate of drug-likeness (QED) is 0.113. The summed E-state index contributed by atoms with van der Waals surface area (Å²) in [6, 6.07) is 2.12. The molecule has 246 valence electrons. The number of ether oxygens (including phenoxy) is 1. The molecule has 1 aromatic carbocycles. The Morgan fingerprint density at radius 1 is 1.13 bits per heavy atom. The number of piperidine rings is 1. The van der Waals surface area contributed by atoms with Crippen LogP contribution in [0.4, 0.5) is 29.1 Å². The largest absolute Gasteiger partial charge is 0.422 e. The summed E-state index contributed by atoms with van der Waals surface area (Å²) in [6.07, 6.45) is -0.0703. The fourth-order valence-electron chi connectivity index (χ4n) is 5.65. The van der Waals surface area contributed by atoms with Gasteiger partial charge in [0.25, 0.3) is 6.43 Å². The summed E-state index contributed by atoms with van der Waals surface area (Å²) in [5.41, 5.74) is 18.0. The summed E-state index contributed by atoms with van der Waals surface area (Å²) in [5, 5.41) is 10.2. The number of aliphatic hydroxyl groups is 1. The molecule has 1 saturated heterocycles. The number of anilines is 2. The van der Waals surface area contributed by atoms with Crippen molar-refractivity contribution in [2.45, 2.75) is 63.8 Å². The van der Waals surface area contributed by atoms with Gasteiger partial charge in [0, 0.05) is 24.7 Å². The van der Waals surface area contributed by atoms with Gasteiger partial charge in [-0.1, -0.05) is 13.8 Å². The van der Waals surface area contributed by atoms with Gasteiger partial charge in [0.2, 0.25) is 0 Å². The van der Waals surface area contributed by atoms with Gasteiger partial charge >= 0.3 is 5.97 Å². The molecule has 7 N–H and O–H groups in total. The van der Waals surface area contributed by atoms with Crippen molar-refractivity contribution < 1.29 is 32.2 Å². The molecule has 3 atom stereocenters. The molecule has 12 nitrogen and oxygen atoms in total. The predicted molar refractivity (Wildman–Crippen MR) is 162 cm³/mol. The van der Waals surface area contributed by atoms with Crippen molar-refractivity contribution in [1.29, 1.82) is 0 Å². The van der Waals surface area contributed by atoms with Crippen LogP contribution < -0.4 is 26.8 Å². The SMILES string of the molecule is CC(C)CC(N)C(=O)Oc1cc(F)c(-c2cc(Cn3cnc4c(N)ncnc43)c(N3CCC[C@](N)([C@H](O)C(F)F)C3)cn2)cc1F. The monoisotopic (exact) mass is 645 g/mol. The van der Waals surface area contributed by atoms with E-state index in [1.165, 1.54) is 24.9 Å². The van der Waals surface area contributed by atoms with Crippen LogP contribution in [-0.4, -0.2) is 72.8 Å². The number of fused-ring (bicyclic) bond motifs is 1. The molecular weight excluding hydrogens is 610 g/mol. The maximum atomic E-state index is 15.5. The van der Waals surface area contributed by atoms with Crippen molar-refractivity contribution in [3.05, 3.63) is 54.2 Å². The highest BCUT2D eigenvalue weighted by atomic mass is 19.3. The highest BCUT2D eigenvalue weighted by Crippen LogP contribution is 2.35. The van der Waals surface area contributed by atoms with Crippen LogP contribution in [0.1, 0.15) is 38.7 Å². The number of halogens is 4. The minimum absolute atomic E-state index is 0.0340. The zero-order valence-corrected chi connectivity index (χ0v) is 25.2. The van der Waals surface area contributed by atoms with E-state index in [-0.39, 0.29) is 42.5 Å². The Morgan fingerprint density at radius 2 is 1.89 bits per heavy atom. The fourth-order valence-corrected chi connectivity index (χ4v) is 5.65. The molecule has 46 heavy (non-hydrogen) atoms. The summed E-state index contributed by atoms with van der Waals surface area (Å²) < 4.78 is 64.3. The molecule has 0 amide bonds. The van der Waals surface area contributed by atoms with E-state index >= 15 is 8.78 Å². The van der Waals surface area contributed by atoms with E-state index in [9.17, 15) is 18.7 Å². The lowest BCUT2D eigenvalue weighted by Gasteiger charge is -2.44. The molecule has 1 unspecified atom stereocenters. The van der Waals surface area contributed by atoms with Crippen LogP contribution in [0.15, 0.2) is 37.1 Å². The van der Waals surface area contributed by atoms with Gasteiger partial charge in [0.05, 0.1) is 36.0 Å². The summed E-state index contributed by atoms with van der Waals surface area (Å²) in [6.45, 7) is 4.09. The van der Waals surface area contributed by atoms with Gasteiger partial charge in [0.1, 0.15) is 29.8 Å². The number of esters is 1. The Labute approximate surface area is 261 Å². The summed E-state index contributed by atoms with van der Waals surface area (Å²) in [7, 11) is 0. The van der Waals surface area contributed by atoms with Gasteiger partial charge in [-0.3, -0.25) is 4.98 Å². The average molecular weight is 646 g/mol. The summed E-state index contributed by atoms with van der Waals surface area (Å²) >= 11 is 0. The maximum absolute atomic E-state index is 15.5. The van der Waals surface area contributed by atoms with Gasteiger partial charge in [-0.25, -0.2) is 37.3 Å². The van der Waals surface area contributed by atoms with Gasteiger partial charge in [0.15, 0.2) is 23.0 Å². The Balaban J connectivity index is 1.53. The number of benzene rings is 1. The second kappa shape index (κ2) is 13.1. The molecule has 0 bridgehead atoms. The number of aromatic nitrogens is 5. The minimum atomic E-state index is -3.04. The zero-order chi connectivity index (χ0) is 33.3. The Morgan fingerprint density at radius 3 is 2.61 bits per heavy atom. The van der Waals surface area contributed by atoms with Gasteiger partial charge in [-0.2, -0.15) is 0 Å². The smallest absolute Gasteiger partial charge is 0.328 e. The van der Waals surface area contributed by atoms with Crippen LogP contribution >= 0.6 is 0 Å². The highest BCUT2D eigenvalue weighted by Gasteiger charge is 2.43. The van der Waals surface area contributed by atoms with Crippen LogP contribution in [0.5, 0.6) is 5.75 Å². The molecule has 3 aromatic heterocycles. The molecule has 0 radical (unpaired) electrons. The molecule has 0 aliphatic carbocycles. The number of nitrogen functional groups attached to an aromatic ring is 1. The minimum Gasteiger partial charge on any atom is -0.422 e. The maximum Gasteiger partial charge on any atom is 0.328 e. The van der Waals surface area contributed by atoms with Crippen molar-refractivity contribution in [2.75, 3.05) is 23.7 Å². The summed E-state index contributed by atoms with van der Waals surface area (Å²) in [5.74, 6) is -3.19. The number of rotatable bonds is 10. The summed E-state index contributed by atoms with van der Waals surface area (Å²) in [4.78, 5) is 30.9. The van der Waals surface area contributed by atoms with Gasteiger partial charge < -0.3 is 36.5 Å². The van der Waals surface area contributed by atoms with Crippen molar-refractivity contribution in [3.63, 3.8) is 0 Å². The number of pyridine rings is 1. The third-order valence-corrected chi connectivity index (χ3v) is 8.00. The number of aliphatic hydroxyl groups excluding tert-OH is 1. The van der Waals surface area contributed by atoms with Crippen LogP contribution in [0.2, 0.25) is 0 Å². The molecule has 5 rings (SSSR count). The fraction of sp³-hybridized carbons (Fsp3) is 0.433. The van der Waals surface area contributed by atoms with Crippen molar-refractivity contribution in [3.8, 4) is 17.0 Å². The molecule has 4 aromatic rings. The van der Waals surface area contributed by atoms with E-state index in [2.05, 4.69) is 19.9 Å². The van der Waals surface area contributed by atoms with E-state index in [0.717, 1.165) is 12.1 Å². The van der Waals surface area contributed by atoms with E-state index in [0.29, 0.717) is 41.8 Å². The normalized spacial score (nSPS) is 18.4. The topological polar surface area (TPSA) is 184 Å². The van der Waals surface area contributed by atoms with E-state index in [4.69, 9.17) is 21.9 Å². The first kappa shape index (κ1) is 33.0.